The SMILES string of the molecule is CO[C@@H]1OC(CO)[C@@H](OC)[C@H](O)C1NC(=O)C(N)CCC(=O)O. The average molecular weight is 336 g/mol. The van der Waals surface area contributed by atoms with Crippen LogP contribution < -0.4 is 11.1 Å². The number of hydrogen-bond acceptors (Lipinski definition) is 8. The zero-order chi connectivity index (χ0) is 17.6. The minimum Gasteiger partial charge on any atom is -0.481 e. The van der Waals surface area contributed by atoms with E-state index >= 15 is 0 Å². The highest BCUT2D eigenvalue weighted by atomic mass is 16.7. The zero-order valence-electron chi connectivity index (χ0n) is 13.0. The Morgan fingerprint density at radius 2 is 2.00 bits per heavy atom. The number of nitrogens with one attached hydrogen (secondary N) is 1. The van der Waals surface area contributed by atoms with Crippen LogP contribution in [0.5, 0.6) is 0 Å². The lowest BCUT2D eigenvalue weighted by Crippen LogP contribution is -2.66. The summed E-state index contributed by atoms with van der Waals surface area (Å²) in [6, 6.07) is -2.02. The number of nitrogens with two attached hydrogens (primary N) is 1. The van der Waals surface area contributed by atoms with Crippen molar-refractivity contribution in [1.82, 2.24) is 5.32 Å². The van der Waals surface area contributed by atoms with Crippen molar-refractivity contribution in [3.8, 4) is 0 Å². The summed E-state index contributed by atoms with van der Waals surface area (Å²) in [5.74, 6) is -1.70. The van der Waals surface area contributed by atoms with Crippen LogP contribution >= 0.6 is 0 Å². The maximum absolute atomic E-state index is 12.0. The first-order chi connectivity index (χ1) is 10.8. The number of amides is 1. The summed E-state index contributed by atoms with van der Waals surface area (Å²) < 4.78 is 15.6. The molecule has 0 aromatic heterocycles. The molecule has 1 saturated heterocycles. The van der Waals surface area contributed by atoms with Gasteiger partial charge in [0.2, 0.25) is 5.91 Å². The molecule has 0 radical (unpaired) electrons. The first-order valence-corrected chi connectivity index (χ1v) is 7.13. The number of carboxylic acid groups (broad SMARTS) is 1. The van der Waals surface area contributed by atoms with Gasteiger partial charge in [-0.3, -0.25) is 9.59 Å². The number of carbonyl (C=O) groups is 2. The van der Waals surface area contributed by atoms with Gasteiger partial charge in [-0.05, 0) is 6.42 Å². The number of aliphatic hydroxyl groups is 2. The third kappa shape index (κ3) is 5.09. The summed E-state index contributed by atoms with van der Waals surface area (Å²) in [6.45, 7) is -0.395. The molecule has 6 N–H and O–H groups in total. The summed E-state index contributed by atoms with van der Waals surface area (Å²) in [5.41, 5.74) is 5.63. The van der Waals surface area contributed by atoms with E-state index in [4.69, 9.17) is 25.1 Å². The third-order valence-electron chi connectivity index (χ3n) is 3.67. The molecule has 1 aliphatic heterocycles. The van der Waals surface area contributed by atoms with Crippen molar-refractivity contribution >= 4 is 11.9 Å². The first-order valence-electron chi connectivity index (χ1n) is 7.13. The Labute approximate surface area is 133 Å². The molecule has 0 bridgehead atoms. The minimum atomic E-state index is -1.20. The van der Waals surface area contributed by atoms with Crippen LogP contribution in [0.15, 0.2) is 0 Å². The van der Waals surface area contributed by atoms with Gasteiger partial charge >= 0.3 is 5.97 Å². The number of aliphatic carboxylic acids is 1. The number of hydrogen-bond donors (Lipinski definition) is 5. The van der Waals surface area contributed by atoms with Crippen molar-refractivity contribution in [2.45, 2.75) is 49.5 Å². The van der Waals surface area contributed by atoms with E-state index in [0.717, 1.165) is 0 Å². The summed E-state index contributed by atoms with van der Waals surface area (Å²) in [7, 11) is 2.66. The molecule has 0 spiro atoms. The molecule has 0 aliphatic carbocycles. The molecule has 1 amide bonds. The summed E-state index contributed by atoms with van der Waals surface area (Å²) in [4.78, 5) is 22.5. The van der Waals surface area contributed by atoms with Crippen molar-refractivity contribution in [3.05, 3.63) is 0 Å². The first kappa shape index (κ1) is 19.7. The Morgan fingerprint density at radius 1 is 1.35 bits per heavy atom. The van der Waals surface area contributed by atoms with Gasteiger partial charge in [0.05, 0.1) is 12.6 Å². The van der Waals surface area contributed by atoms with Crippen molar-refractivity contribution in [3.63, 3.8) is 0 Å². The molecule has 3 unspecified atom stereocenters. The Hall–Kier alpha value is -1.30. The second kappa shape index (κ2) is 9.11. The van der Waals surface area contributed by atoms with Crippen molar-refractivity contribution in [1.29, 1.82) is 0 Å². The second-order valence-electron chi connectivity index (χ2n) is 5.23. The molecule has 10 nitrogen and oxygen atoms in total. The molecular formula is C13H24N2O8. The van der Waals surface area contributed by atoms with Crippen LogP contribution in [-0.4, -0.2) is 84.7 Å². The quantitative estimate of drug-likeness (QED) is 0.320. The van der Waals surface area contributed by atoms with Crippen LogP contribution in [0, 0.1) is 0 Å². The molecule has 23 heavy (non-hydrogen) atoms. The number of ether oxygens (including phenoxy) is 3. The van der Waals surface area contributed by atoms with E-state index in [1.807, 2.05) is 0 Å². The van der Waals surface area contributed by atoms with Gasteiger partial charge < -0.3 is 40.6 Å². The molecular weight excluding hydrogens is 312 g/mol. The highest BCUT2D eigenvalue weighted by Crippen LogP contribution is 2.23. The zero-order valence-corrected chi connectivity index (χ0v) is 13.0. The predicted molar refractivity (Wildman–Crippen MR) is 76.3 cm³/mol. The van der Waals surface area contributed by atoms with Crippen LogP contribution in [0.1, 0.15) is 12.8 Å². The van der Waals surface area contributed by atoms with Gasteiger partial charge in [0, 0.05) is 20.6 Å². The molecule has 0 saturated carbocycles. The number of aliphatic hydroxyl groups excluding tert-OH is 2. The lowest BCUT2D eigenvalue weighted by atomic mass is 9.96. The highest BCUT2D eigenvalue weighted by molar-refractivity contribution is 5.82. The Bertz CT molecular complexity index is 407. The van der Waals surface area contributed by atoms with E-state index in [0.29, 0.717) is 0 Å². The van der Waals surface area contributed by atoms with Crippen molar-refractivity contribution in [2.24, 2.45) is 5.73 Å². The Balaban J connectivity index is 2.74. The lowest BCUT2D eigenvalue weighted by molar-refractivity contribution is -0.267. The Morgan fingerprint density at radius 3 is 2.48 bits per heavy atom. The van der Waals surface area contributed by atoms with Gasteiger partial charge in [-0.15, -0.1) is 0 Å². The van der Waals surface area contributed by atoms with Crippen LogP contribution in [0.25, 0.3) is 0 Å². The molecule has 1 fully saturated rings. The largest absolute Gasteiger partial charge is 0.481 e. The average Bonchev–Trinajstić information content (AvgIpc) is 2.53. The van der Waals surface area contributed by atoms with Crippen LogP contribution in [0.3, 0.4) is 0 Å². The molecule has 1 heterocycles. The van der Waals surface area contributed by atoms with Crippen molar-refractivity contribution in [2.75, 3.05) is 20.8 Å². The fraction of sp³-hybridized carbons (Fsp3) is 0.846. The molecule has 10 heteroatoms. The van der Waals surface area contributed by atoms with E-state index < -0.39 is 55.2 Å². The van der Waals surface area contributed by atoms with E-state index in [-0.39, 0.29) is 12.8 Å². The number of rotatable bonds is 8. The number of carboxylic acids is 1. The number of carbonyl (C=O) groups excluding carboxylic acids is 1. The van der Waals surface area contributed by atoms with Crippen molar-refractivity contribution < 1.29 is 39.1 Å². The third-order valence-corrected chi connectivity index (χ3v) is 3.67. The molecule has 0 aromatic carbocycles. The van der Waals surface area contributed by atoms with Crippen LogP contribution in [0.4, 0.5) is 0 Å². The predicted octanol–water partition coefficient (Wildman–Crippen LogP) is -2.60. The second-order valence-corrected chi connectivity index (χ2v) is 5.23. The minimum absolute atomic E-state index is 0.0462. The fourth-order valence-electron chi connectivity index (χ4n) is 2.39. The van der Waals surface area contributed by atoms with E-state index in [1.165, 1.54) is 14.2 Å². The standard InChI is InChI=1S/C13H24N2O8/c1-21-11-7(5-16)23-13(22-2)9(10(11)19)15-12(20)6(14)3-4-8(17)18/h6-7,9-11,13,16,19H,3-5,14H2,1-2H3,(H,15,20)(H,17,18)/t6?,7?,9?,10-,11-,13-/m1/s1. The van der Waals surface area contributed by atoms with Gasteiger partial charge in [0.1, 0.15) is 24.4 Å². The molecule has 0 aromatic rings. The smallest absolute Gasteiger partial charge is 0.303 e. The van der Waals surface area contributed by atoms with Gasteiger partial charge in [-0.2, -0.15) is 0 Å². The Kier molecular flexibility index (Phi) is 7.82. The monoisotopic (exact) mass is 336 g/mol. The maximum atomic E-state index is 12.0. The summed E-state index contributed by atoms with van der Waals surface area (Å²) >= 11 is 0. The van der Waals surface area contributed by atoms with Gasteiger partial charge in [-0.25, -0.2) is 0 Å². The fourth-order valence-corrected chi connectivity index (χ4v) is 2.39. The van der Waals surface area contributed by atoms with E-state index in [9.17, 15) is 19.8 Å². The molecule has 1 rings (SSSR count). The van der Waals surface area contributed by atoms with Gasteiger partial charge in [0.15, 0.2) is 6.29 Å². The summed E-state index contributed by atoms with van der Waals surface area (Å²) in [6.07, 6.45) is -4.19. The topological polar surface area (TPSA) is 161 Å². The summed E-state index contributed by atoms with van der Waals surface area (Å²) in [5, 5.41) is 30.7. The van der Waals surface area contributed by atoms with E-state index in [2.05, 4.69) is 5.32 Å². The molecule has 6 atom stereocenters. The maximum Gasteiger partial charge on any atom is 0.303 e. The van der Waals surface area contributed by atoms with Crippen LogP contribution in [0.2, 0.25) is 0 Å². The van der Waals surface area contributed by atoms with Gasteiger partial charge in [-0.1, -0.05) is 0 Å². The molecule has 1 aliphatic rings. The van der Waals surface area contributed by atoms with Crippen LogP contribution in [-0.2, 0) is 23.8 Å². The highest BCUT2D eigenvalue weighted by Gasteiger charge is 2.46. The molecule has 134 valence electrons. The normalized spacial score (nSPS) is 32.3. The number of methoxy groups -OCH3 is 2. The van der Waals surface area contributed by atoms with E-state index in [1.54, 1.807) is 0 Å². The lowest BCUT2D eigenvalue weighted by Gasteiger charge is -2.43. The van der Waals surface area contributed by atoms with Gasteiger partial charge in [0.25, 0.3) is 0 Å².